The van der Waals surface area contributed by atoms with Crippen LogP contribution in [0.2, 0.25) is 0 Å². The maximum Gasteiger partial charge on any atom is 0.0783 e. The summed E-state index contributed by atoms with van der Waals surface area (Å²) >= 11 is 7.28. The molecule has 0 N–H and O–H groups in total. The smallest absolute Gasteiger partial charge is 0.0783 e. The molecule has 0 aliphatic heterocycles. The van der Waals surface area contributed by atoms with Gasteiger partial charge < -0.3 is 4.74 Å². The first-order chi connectivity index (χ1) is 9.56. The van der Waals surface area contributed by atoms with Crippen molar-refractivity contribution >= 4 is 31.9 Å². The Labute approximate surface area is 139 Å². The fourth-order valence-electron chi connectivity index (χ4n) is 3.00. The van der Waals surface area contributed by atoms with Gasteiger partial charge in [-0.15, -0.1) is 0 Å². The number of halogens is 2. The first-order valence-electron chi connectivity index (χ1n) is 7.50. The van der Waals surface area contributed by atoms with Gasteiger partial charge in [0.15, 0.2) is 0 Å². The van der Waals surface area contributed by atoms with Crippen LogP contribution in [0.5, 0.6) is 0 Å². The first-order valence-corrected chi connectivity index (χ1v) is 9.41. The lowest BCUT2D eigenvalue weighted by molar-refractivity contribution is -0.0733. The third kappa shape index (κ3) is 4.08. The zero-order chi connectivity index (χ0) is 14.6. The quantitative estimate of drug-likeness (QED) is 0.552. The molecule has 0 heterocycles. The second kappa shape index (κ2) is 7.42. The fraction of sp³-hybridized carbons (Fsp3) is 0.647. The van der Waals surface area contributed by atoms with Gasteiger partial charge in [-0.25, -0.2) is 0 Å². The average Bonchev–Trinajstić information content (AvgIpc) is 2.47. The zero-order valence-electron chi connectivity index (χ0n) is 12.4. The Bertz CT molecular complexity index is 423. The lowest BCUT2D eigenvalue weighted by atomic mass is 9.75. The van der Waals surface area contributed by atoms with Crippen LogP contribution in [-0.4, -0.2) is 10.9 Å². The van der Waals surface area contributed by atoms with E-state index in [4.69, 9.17) is 4.74 Å². The van der Waals surface area contributed by atoms with Crippen LogP contribution in [0.1, 0.15) is 45.1 Å². The minimum absolute atomic E-state index is 0.0284. The van der Waals surface area contributed by atoms with E-state index < -0.39 is 0 Å². The van der Waals surface area contributed by atoms with Crippen LogP contribution in [-0.2, 0) is 11.3 Å². The molecule has 1 aliphatic carbocycles. The molecule has 1 aromatic carbocycles. The number of rotatable bonds is 5. The molecule has 1 aromatic rings. The van der Waals surface area contributed by atoms with Gasteiger partial charge in [-0.2, -0.15) is 0 Å². The van der Waals surface area contributed by atoms with Crippen LogP contribution < -0.4 is 0 Å². The molecular weight excluding hydrogens is 380 g/mol. The van der Waals surface area contributed by atoms with Crippen LogP contribution >= 0.6 is 31.9 Å². The summed E-state index contributed by atoms with van der Waals surface area (Å²) in [5.74, 6) is 1.67. The van der Waals surface area contributed by atoms with E-state index >= 15 is 0 Å². The minimum atomic E-state index is 0.0284. The number of alkyl halides is 1. The number of hydrogen-bond donors (Lipinski definition) is 0. The number of ether oxygens (including phenoxy) is 1. The molecule has 1 aliphatic rings. The standard InChI is InChI=1S/C17H24Br2O/c1-13(2)14-7-9-17(12-18,10-8-14)20-11-15-5-3-4-6-16(15)19/h3-6,13-14H,7-12H2,1-2H3. The van der Waals surface area contributed by atoms with Crippen molar-refractivity contribution in [3.05, 3.63) is 34.3 Å². The molecule has 0 saturated heterocycles. The normalized spacial score (nSPS) is 26.9. The van der Waals surface area contributed by atoms with E-state index in [1.165, 1.54) is 31.2 Å². The molecule has 1 nitrogen and oxygen atoms in total. The molecule has 112 valence electrons. The highest BCUT2D eigenvalue weighted by Crippen LogP contribution is 2.39. The summed E-state index contributed by atoms with van der Waals surface area (Å²) in [7, 11) is 0. The topological polar surface area (TPSA) is 9.23 Å². The van der Waals surface area contributed by atoms with Crippen molar-refractivity contribution < 1.29 is 4.74 Å². The lowest BCUT2D eigenvalue weighted by Crippen LogP contribution is -2.39. The maximum absolute atomic E-state index is 6.34. The van der Waals surface area contributed by atoms with Crippen molar-refractivity contribution in [2.24, 2.45) is 11.8 Å². The zero-order valence-corrected chi connectivity index (χ0v) is 15.5. The second-order valence-corrected chi connectivity index (χ2v) is 7.69. The highest BCUT2D eigenvalue weighted by molar-refractivity contribution is 9.10. The van der Waals surface area contributed by atoms with Gasteiger partial charge in [0.2, 0.25) is 0 Å². The molecule has 1 fully saturated rings. The average molecular weight is 404 g/mol. The SMILES string of the molecule is CC(C)C1CCC(CBr)(OCc2ccccc2Br)CC1. The highest BCUT2D eigenvalue weighted by Gasteiger charge is 2.36. The molecule has 0 radical (unpaired) electrons. The molecule has 0 unspecified atom stereocenters. The Morgan fingerprint density at radius 2 is 1.90 bits per heavy atom. The monoisotopic (exact) mass is 402 g/mol. The van der Waals surface area contributed by atoms with Gasteiger partial charge in [-0.1, -0.05) is 63.9 Å². The molecular formula is C17H24Br2O. The van der Waals surface area contributed by atoms with Crippen molar-refractivity contribution in [3.8, 4) is 0 Å². The van der Waals surface area contributed by atoms with Crippen LogP contribution in [0.3, 0.4) is 0 Å². The molecule has 0 bridgehead atoms. The third-order valence-corrected chi connectivity index (χ3v) is 6.42. The molecule has 0 atom stereocenters. The molecule has 0 aromatic heterocycles. The summed E-state index contributed by atoms with van der Waals surface area (Å²) in [6.07, 6.45) is 4.93. The molecule has 2 rings (SSSR count). The Kier molecular flexibility index (Phi) is 6.12. The third-order valence-electron chi connectivity index (χ3n) is 4.62. The number of hydrogen-bond acceptors (Lipinski definition) is 1. The predicted octanol–water partition coefficient (Wildman–Crippen LogP) is 5.95. The van der Waals surface area contributed by atoms with Crippen LogP contribution in [0.25, 0.3) is 0 Å². The Morgan fingerprint density at radius 1 is 1.25 bits per heavy atom. The summed E-state index contributed by atoms with van der Waals surface area (Å²) in [5.41, 5.74) is 1.26. The second-order valence-electron chi connectivity index (χ2n) is 6.28. The highest BCUT2D eigenvalue weighted by atomic mass is 79.9. The predicted molar refractivity (Wildman–Crippen MR) is 92.3 cm³/mol. The van der Waals surface area contributed by atoms with Crippen molar-refractivity contribution in [2.75, 3.05) is 5.33 Å². The van der Waals surface area contributed by atoms with E-state index in [1.54, 1.807) is 0 Å². The van der Waals surface area contributed by atoms with Gasteiger partial charge in [0, 0.05) is 9.80 Å². The van der Waals surface area contributed by atoms with E-state index in [0.29, 0.717) is 6.61 Å². The van der Waals surface area contributed by atoms with Crippen LogP contribution in [0, 0.1) is 11.8 Å². The minimum Gasteiger partial charge on any atom is -0.369 e. The molecule has 0 amide bonds. The van der Waals surface area contributed by atoms with Crippen molar-refractivity contribution in [2.45, 2.75) is 51.7 Å². The Hall–Kier alpha value is 0.140. The summed E-state index contributed by atoms with van der Waals surface area (Å²) in [6, 6.07) is 8.32. The summed E-state index contributed by atoms with van der Waals surface area (Å²) in [4.78, 5) is 0. The van der Waals surface area contributed by atoms with E-state index in [2.05, 4.69) is 63.9 Å². The van der Waals surface area contributed by atoms with Gasteiger partial charge in [0.1, 0.15) is 0 Å². The van der Waals surface area contributed by atoms with Crippen molar-refractivity contribution in [1.29, 1.82) is 0 Å². The maximum atomic E-state index is 6.34. The van der Waals surface area contributed by atoms with Gasteiger partial charge in [0.05, 0.1) is 12.2 Å². The molecule has 20 heavy (non-hydrogen) atoms. The van der Waals surface area contributed by atoms with Gasteiger partial charge in [-0.3, -0.25) is 0 Å². The van der Waals surface area contributed by atoms with E-state index in [0.717, 1.165) is 21.6 Å². The van der Waals surface area contributed by atoms with Gasteiger partial charge in [-0.05, 0) is 49.1 Å². The Balaban J connectivity index is 1.95. The van der Waals surface area contributed by atoms with Crippen molar-refractivity contribution in [3.63, 3.8) is 0 Å². The lowest BCUT2D eigenvalue weighted by Gasteiger charge is -2.40. The van der Waals surface area contributed by atoms with E-state index in [9.17, 15) is 0 Å². The van der Waals surface area contributed by atoms with Crippen LogP contribution in [0.4, 0.5) is 0 Å². The molecule has 1 saturated carbocycles. The largest absolute Gasteiger partial charge is 0.369 e. The fourth-order valence-corrected chi connectivity index (χ4v) is 4.12. The Morgan fingerprint density at radius 3 is 2.45 bits per heavy atom. The van der Waals surface area contributed by atoms with Crippen molar-refractivity contribution in [1.82, 2.24) is 0 Å². The van der Waals surface area contributed by atoms with E-state index in [-0.39, 0.29) is 5.60 Å². The summed E-state index contributed by atoms with van der Waals surface area (Å²) < 4.78 is 7.48. The van der Waals surface area contributed by atoms with Crippen LogP contribution in [0.15, 0.2) is 28.7 Å². The van der Waals surface area contributed by atoms with Gasteiger partial charge in [0.25, 0.3) is 0 Å². The first kappa shape index (κ1) is 16.5. The summed E-state index contributed by atoms with van der Waals surface area (Å²) in [6.45, 7) is 5.38. The summed E-state index contributed by atoms with van der Waals surface area (Å²) in [5, 5.41) is 0.940. The molecule has 0 spiro atoms. The van der Waals surface area contributed by atoms with Gasteiger partial charge >= 0.3 is 0 Å². The van der Waals surface area contributed by atoms with E-state index in [1.807, 2.05) is 6.07 Å². The molecule has 3 heteroatoms. The number of benzene rings is 1.